The lowest BCUT2D eigenvalue weighted by Crippen LogP contribution is -2.32. The first kappa shape index (κ1) is 15.1. The maximum Gasteiger partial charge on any atom is 0.157 e. The highest BCUT2D eigenvalue weighted by Crippen LogP contribution is 2.22. The summed E-state index contributed by atoms with van der Waals surface area (Å²) in [5, 5.41) is 1.35. The molecule has 0 saturated carbocycles. The third kappa shape index (κ3) is 4.96. The zero-order valence-electron chi connectivity index (χ0n) is 11.2. The Balaban J connectivity index is 1.77. The average molecular weight is 303 g/mol. The van der Waals surface area contributed by atoms with Crippen molar-refractivity contribution in [3.8, 4) is 0 Å². The van der Waals surface area contributed by atoms with Gasteiger partial charge < -0.3 is 9.47 Å². The Morgan fingerprint density at radius 3 is 2.26 bits per heavy atom. The Morgan fingerprint density at radius 1 is 1.05 bits per heavy atom. The first-order valence-electron chi connectivity index (χ1n) is 6.85. The van der Waals surface area contributed by atoms with Gasteiger partial charge in [-0.05, 0) is 36.6 Å². The van der Waals surface area contributed by atoms with Crippen LogP contribution in [0.3, 0.4) is 0 Å². The fourth-order valence-electron chi connectivity index (χ4n) is 2.36. The molecule has 1 aromatic carbocycles. The molecular weight excluding hydrogens is 283 g/mol. The first-order valence-corrected chi connectivity index (χ1v) is 7.61. The SMILES string of the molecule is CCC[C@H]1CO[C@H](CCc2cc(Cl)cc(Cl)c2)OC1. The minimum atomic E-state index is -0.0918. The van der Waals surface area contributed by atoms with E-state index in [1.165, 1.54) is 12.8 Å². The molecule has 106 valence electrons. The molecule has 0 bridgehead atoms. The van der Waals surface area contributed by atoms with Crippen LogP contribution in [0.4, 0.5) is 0 Å². The standard InChI is InChI=1S/C15H20Cl2O2/c1-2-3-12-9-18-15(19-10-12)5-4-11-6-13(16)8-14(17)7-11/h6-8,12,15H,2-5,9-10H2,1H3/t12-,15-. The van der Waals surface area contributed by atoms with Crippen LogP contribution < -0.4 is 0 Å². The van der Waals surface area contributed by atoms with Gasteiger partial charge in [0, 0.05) is 22.4 Å². The number of benzene rings is 1. The summed E-state index contributed by atoms with van der Waals surface area (Å²) < 4.78 is 11.5. The molecule has 1 saturated heterocycles. The van der Waals surface area contributed by atoms with Crippen molar-refractivity contribution >= 4 is 23.2 Å². The van der Waals surface area contributed by atoms with Gasteiger partial charge in [0.15, 0.2) is 6.29 Å². The van der Waals surface area contributed by atoms with E-state index in [-0.39, 0.29) is 6.29 Å². The van der Waals surface area contributed by atoms with Crippen LogP contribution in [0.15, 0.2) is 18.2 Å². The average Bonchev–Trinajstić information content (AvgIpc) is 2.37. The molecule has 1 heterocycles. The summed E-state index contributed by atoms with van der Waals surface area (Å²) >= 11 is 12.0. The molecule has 0 unspecified atom stereocenters. The van der Waals surface area contributed by atoms with Crippen LogP contribution in [-0.4, -0.2) is 19.5 Å². The van der Waals surface area contributed by atoms with Crippen molar-refractivity contribution < 1.29 is 9.47 Å². The lowest BCUT2D eigenvalue weighted by molar-refractivity contribution is -0.203. The third-order valence-corrected chi connectivity index (χ3v) is 3.76. The zero-order valence-corrected chi connectivity index (χ0v) is 12.7. The van der Waals surface area contributed by atoms with Crippen LogP contribution in [0, 0.1) is 5.92 Å². The van der Waals surface area contributed by atoms with Crippen LogP contribution in [-0.2, 0) is 15.9 Å². The Hall–Kier alpha value is -0.280. The van der Waals surface area contributed by atoms with Crippen molar-refractivity contribution in [3.05, 3.63) is 33.8 Å². The van der Waals surface area contributed by atoms with Gasteiger partial charge in [-0.1, -0.05) is 36.5 Å². The van der Waals surface area contributed by atoms with E-state index in [0.29, 0.717) is 16.0 Å². The summed E-state index contributed by atoms with van der Waals surface area (Å²) in [6.07, 6.45) is 3.98. The van der Waals surface area contributed by atoms with E-state index in [1.807, 2.05) is 12.1 Å². The van der Waals surface area contributed by atoms with Crippen LogP contribution in [0.25, 0.3) is 0 Å². The molecule has 0 aliphatic carbocycles. The molecule has 0 radical (unpaired) electrons. The molecule has 0 amide bonds. The van der Waals surface area contributed by atoms with Crippen LogP contribution in [0.5, 0.6) is 0 Å². The number of aryl methyl sites for hydroxylation is 1. The van der Waals surface area contributed by atoms with Gasteiger partial charge in [0.1, 0.15) is 0 Å². The van der Waals surface area contributed by atoms with E-state index in [4.69, 9.17) is 32.7 Å². The molecule has 1 aliphatic heterocycles. The van der Waals surface area contributed by atoms with Gasteiger partial charge >= 0.3 is 0 Å². The molecule has 1 aliphatic rings. The van der Waals surface area contributed by atoms with Crippen LogP contribution in [0.2, 0.25) is 10.0 Å². The van der Waals surface area contributed by atoms with Gasteiger partial charge in [-0.2, -0.15) is 0 Å². The maximum absolute atomic E-state index is 5.98. The molecule has 2 nitrogen and oxygen atoms in total. The van der Waals surface area contributed by atoms with Gasteiger partial charge in [-0.3, -0.25) is 0 Å². The quantitative estimate of drug-likeness (QED) is 0.784. The highest BCUT2D eigenvalue weighted by atomic mass is 35.5. The smallest absolute Gasteiger partial charge is 0.157 e. The Kier molecular flexibility index (Phi) is 5.96. The number of rotatable bonds is 5. The van der Waals surface area contributed by atoms with Crippen molar-refractivity contribution in [1.29, 1.82) is 0 Å². The molecule has 1 fully saturated rings. The van der Waals surface area contributed by atoms with Gasteiger partial charge in [-0.15, -0.1) is 0 Å². The molecular formula is C15H20Cl2O2. The molecule has 2 rings (SSSR count). The predicted molar refractivity (Wildman–Crippen MR) is 78.9 cm³/mol. The van der Waals surface area contributed by atoms with Crippen molar-refractivity contribution in [2.24, 2.45) is 5.92 Å². The minimum absolute atomic E-state index is 0.0918. The van der Waals surface area contributed by atoms with E-state index in [1.54, 1.807) is 6.07 Å². The van der Waals surface area contributed by atoms with E-state index in [0.717, 1.165) is 31.6 Å². The van der Waals surface area contributed by atoms with Crippen LogP contribution >= 0.6 is 23.2 Å². The number of hydrogen-bond acceptors (Lipinski definition) is 2. The lowest BCUT2D eigenvalue weighted by Gasteiger charge is -2.29. The Bertz CT molecular complexity index is 381. The predicted octanol–water partition coefficient (Wildman–Crippen LogP) is 4.72. The van der Waals surface area contributed by atoms with E-state index >= 15 is 0 Å². The monoisotopic (exact) mass is 302 g/mol. The highest BCUT2D eigenvalue weighted by molar-refractivity contribution is 6.34. The molecule has 1 aromatic rings. The molecule has 0 N–H and O–H groups in total. The van der Waals surface area contributed by atoms with Gasteiger partial charge in [-0.25, -0.2) is 0 Å². The van der Waals surface area contributed by atoms with Gasteiger partial charge in [0.05, 0.1) is 13.2 Å². The molecule has 0 atom stereocenters. The number of ether oxygens (including phenoxy) is 2. The molecule has 4 heteroatoms. The molecule has 0 spiro atoms. The topological polar surface area (TPSA) is 18.5 Å². The van der Waals surface area contributed by atoms with E-state index in [2.05, 4.69) is 6.92 Å². The van der Waals surface area contributed by atoms with Crippen LogP contribution in [0.1, 0.15) is 31.7 Å². The van der Waals surface area contributed by atoms with Gasteiger partial charge in [0.2, 0.25) is 0 Å². The fourth-order valence-corrected chi connectivity index (χ4v) is 2.94. The number of hydrogen-bond donors (Lipinski definition) is 0. The first-order chi connectivity index (χ1) is 9.17. The fraction of sp³-hybridized carbons (Fsp3) is 0.600. The normalized spacial score (nSPS) is 23.5. The van der Waals surface area contributed by atoms with Crippen molar-refractivity contribution in [2.75, 3.05) is 13.2 Å². The van der Waals surface area contributed by atoms with Gasteiger partial charge in [0.25, 0.3) is 0 Å². The largest absolute Gasteiger partial charge is 0.352 e. The summed E-state index contributed by atoms with van der Waals surface area (Å²) in [6, 6.07) is 5.63. The summed E-state index contributed by atoms with van der Waals surface area (Å²) in [6.45, 7) is 3.82. The summed E-state index contributed by atoms with van der Waals surface area (Å²) in [5.41, 5.74) is 1.13. The zero-order chi connectivity index (χ0) is 13.7. The Morgan fingerprint density at radius 2 is 1.68 bits per heavy atom. The summed E-state index contributed by atoms with van der Waals surface area (Å²) in [5.74, 6) is 0.557. The van der Waals surface area contributed by atoms with Crippen molar-refractivity contribution in [2.45, 2.75) is 38.9 Å². The maximum atomic E-state index is 5.98. The second-order valence-electron chi connectivity index (χ2n) is 5.07. The summed E-state index contributed by atoms with van der Waals surface area (Å²) in [4.78, 5) is 0. The third-order valence-electron chi connectivity index (χ3n) is 3.32. The molecule has 19 heavy (non-hydrogen) atoms. The van der Waals surface area contributed by atoms with Crippen molar-refractivity contribution in [3.63, 3.8) is 0 Å². The minimum Gasteiger partial charge on any atom is -0.352 e. The second-order valence-corrected chi connectivity index (χ2v) is 5.94. The molecule has 0 aromatic heterocycles. The highest BCUT2D eigenvalue weighted by Gasteiger charge is 2.21. The number of halogens is 2. The Labute approximate surface area is 125 Å². The van der Waals surface area contributed by atoms with E-state index < -0.39 is 0 Å². The second kappa shape index (κ2) is 7.49. The lowest BCUT2D eigenvalue weighted by atomic mass is 10.0. The van der Waals surface area contributed by atoms with E-state index in [9.17, 15) is 0 Å². The summed E-state index contributed by atoms with van der Waals surface area (Å²) in [7, 11) is 0. The van der Waals surface area contributed by atoms with Crippen molar-refractivity contribution in [1.82, 2.24) is 0 Å².